The molecule has 0 aliphatic carbocycles. The zero-order valence-electron chi connectivity index (χ0n) is 7.29. The van der Waals surface area contributed by atoms with E-state index in [4.69, 9.17) is 0 Å². The maximum atomic E-state index is 13.4. The summed E-state index contributed by atoms with van der Waals surface area (Å²) in [6, 6.07) is 5.12. The Labute approximate surface area is 81.6 Å². The van der Waals surface area contributed by atoms with E-state index in [1.807, 2.05) is 19.3 Å². The lowest BCUT2D eigenvalue weighted by atomic mass is 10.2. The van der Waals surface area contributed by atoms with Crippen LogP contribution in [0.15, 0.2) is 24.4 Å². The van der Waals surface area contributed by atoms with Crippen LogP contribution in [0, 0.1) is 5.82 Å². The van der Waals surface area contributed by atoms with Gasteiger partial charge < -0.3 is 4.57 Å². The summed E-state index contributed by atoms with van der Waals surface area (Å²) in [7, 11) is 1.85. The van der Waals surface area contributed by atoms with Gasteiger partial charge in [-0.05, 0) is 11.6 Å². The molecule has 0 amide bonds. The van der Waals surface area contributed by atoms with Gasteiger partial charge in [0.25, 0.3) is 0 Å². The molecule has 0 fully saturated rings. The summed E-state index contributed by atoms with van der Waals surface area (Å²) in [5.41, 5.74) is 1.73. The number of aromatic nitrogens is 1. The van der Waals surface area contributed by atoms with Crippen molar-refractivity contribution in [1.29, 1.82) is 0 Å². The molecule has 0 radical (unpaired) electrons. The Balaban J connectivity index is 2.87. The lowest BCUT2D eigenvalue weighted by Gasteiger charge is -1.96. The van der Waals surface area contributed by atoms with Gasteiger partial charge in [-0.15, -0.1) is 0 Å². The van der Waals surface area contributed by atoms with Gasteiger partial charge in [0.05, 0.1) is 5.52 Å². The zero-order valence-corrected chi connectivity index (χ0v) is 8.18. The van der Waals surface area contributed by atoms with Crippen molar-refractivity contribution in [2.75, 3.05) is 0 Å². The van der Waals surface area contributed by atoms with Crippen LogP contribution in [0.25, 0.3) is 10.9 Å². The largest absolute Gasteiger partial charge is 0.348 e. The highest BCUT2D eigenvalue weighted by molar-refractivity contribution is 7.79. The monoisotopic (exact) mass is 195 g/mol. The van der Waals surface area contributed by atoms with Crippen LogP contribution in [-0.2, 0) is 12.8 Å². The lowest BCUT2D eigenvalue weighted by Crippen LogP contribution is -1.86. The first-order valence-electron chi connectivity index (χ1n) is 4.07. The standard InChI is InChI=1S/C10H10FNS/c1-12-5-7(6-13)8-3-2-4-9(11)10(8)12/h2-5,13H,6H2,1H3. The molecule has 0 unspecified atom stereocenters. The molecule has 2 rings (SSSR count). The number of rotatable bonds is 1. The lowest BCUT2D eigenvalue weighted by molar-refractivity contribution is 0.632. The Bertz CT molecular complexity index is 447. The van der Waals surface area contributed by atoms with Gasteiger partial charge in [-0.1, -0.05) is 12.1 Å². The van der Waals surface area contributed by atoms with Crippen molar-refractivity contribution < 1.29 is 4.39 Å². The summed E-state index contributed by atoms with van der Waals surface area (Å²) in [6.07, 6.45) is 1.92. The highest BCUT2D eigenvalue weighted by Gasteiger charge is 2.08. The third-order valence-corrected chi connectivity index (χ3v) is 2.55. The van der Waals surface area contributed by atoms with E-state index < -0.39 is 0 Å². The first-order valence-corrected chi connectivity index (χ1v) is 4.70. The smallest absolute Gasteiger partial charge is 0.147 e. The fourth-order valence-corrected chi connectivity index (χ4v) is 1.88. The molecule has 13 heavy (non-hydrogen) atoms. The number of hydrogen-bond acceptors (Lipinski definition) is 1. The third-order valence-electron chi connectivity index (χ3n) is 2.21. The number of benzene rings is 1. The van der Waals surface area contributed by atoms with Gasteiger partial charge in [-0.3, -0.25) is 0 Å². The summed E-state index contributed by atoms with van der Waals surface area (Å²) in [6.45, 7) is 0. The highest BCUT2D eigenvalue weighted by Crippen LogP contribution is 2.23. The average Bonchev–Trinajstić information content (AvgIpc) is 2.44. The van der Waals surface area contributed by atoms with Gasteiger partial charge in [0.1, 0.15) is 5.82 Å². The van der Waals surface area contributed by atoms with Crippen molar-refractivity contribution in [1.82, 2.24) is 4.57 Å². The number of aryl methyl sites for hydroxylation is 1. The highest BCUT2D eigenvalue weighted by atomic mass is 32.1. The summed E-state index contributed by atoms with van der Waals surface area (Å²) >= 11 is 4.20. The number of halogens is 1. The fraction of sp³-hybridized carbons (Fsp3) is 0.200. The van der Waals surface area contributed by atoms with E-state index in [1.165, 1.54) is 6.07 Å². The van der Waals surface area contributed by atoms with E-state index in [0.29, 0.717) is 11.3 Å². The van der Waals surface area contributed by atoms with Crippen molar-refractivity contribution in [3.05, 3.63) is 35.8 Å². The first kappa shape index (κ1) is 8.63. The van der Waals surface area contributed by atoms with Crippen LogP contribution in [0.1, 0.15) is 5.56 Å². The molecule has 0 N–H and O–H groups in total. The van der Waals surface area contributed by atoms with Crippen molar-refractivity contribution >= 4 is 23.5 Å². The molecule has 0 saturated heterocycles. The number of para-hydroxylation sites is 1. The fourth-order valence-electron chi connectivity index (χ4n) is 1.63. The molecule has 0 atom stereocenters. The van der Waals surface area contributed by atoms with Crippen LogP contribution in [0.4, 0.5) is 4.39 Å². The predicted molar refractivity (Wildman–Crippen MR) is 55.6 cm³/mol. The summed E-state index contributed by atoms with van der Waals surface area (Å²) in [5, 5.41) is 0.956. The van der Waals surface area contributed by atoms with Crippen LogP contribution in [0.5, 0.6) is 0 Å². The molecule has 0 saturated carbocycles. The second kappa shape index (κ2) is 3.07. The van der Waals surface area contributed by atoms with Gasteiger partial charge in [-0.25, -0.2) is 4.39 Å². The molecular weight excluding hydrogens is 185 g/mol. The summed E-state index contributed by atoms with van der Waals surface area (Å²) in [5.74, 6) is 0.467. The second-order valence-corrected chi connectivity index (χ2v) is 3.38. The van der Waals surface area contributed by atoms with Crippen LogP contribution < -0.4 is 0 Å². The normalized spacial score (nSPS) is 11.0. The molecule has 3 heteroatoms. The molecule has 0 bridgehead atoms. The van der Waals surface area contributed by atoms with Gasteiger partial charge >= 0.3 is 0 Å². The van der Waals surface area contributed by atoms with Crippen LogP contribution in [0.3, 0.4) is 0 Å². The Morgan fingerprint density at radius 1 is 1.46 bits per heavy atom. The number of hydrogen-bond donors (Lipinski definition) is 1. The van der Waals surface area contributed by atoms with E-state index in [-0.39, 0.29) is 5.82 Å². The van der Waals surface area contributed by atoms with Gasteiger partial charge in [-0.2, -0.15) is 12.6 Å². The summed E-state index contributed by atoms with van der Waals surface area (Å²) < 4.78 is 15.2. The minimum atomic E-state index is -0.173. The molecule has 1 heterocycles. The summed E-state index contributed by atoms with van der Waals surface area (Å²) in [4.78, 5) is 0. The van der Waals surface area contributed by atoms with E-state index >= 15 is 0 Å². The van der Waals surface area contributed by atoms with Crippen molar-refractivity contribution in [3.63, 3.8) is 0 Å². The van der Waals surface area contributed by atoms with Crippen molar-refractivity contribution in [2.45, 2.75) is 5.75 Å². The Morgan fingerprint density at radius 2 is 2.23 bits per heavy atom. The predicted octanol–water partition coefficient (Wildman–Crippen LogP) is 2.75. The molecular formula is C10H10FNS. The van der Waals surface area contributed by atoms with Crippen LogP contribution in [-0.4, -0.2) is 4.57 Å². The average molecular weight is 195 g/mol. The molecule has 1 nitrogen and oxygen atoms in total. The minimum Gasteiger partial charge on any atom is -0.348 e. The SMILES string of the molecule is Cn1cc(CS)c2cccc(F)c21. The van der Waals surface area contributed by atoms with Crippen molar-refractivity contribution in [2.24, 2.45) is 7.05 Å². The van der Waals surface area contributed by atoms with Crippen LogP contribution in [0.2, 0.25) is 0 Å². The van der Waals surface area contributed by atoms with Crippen LogP contribution >= 0.6 is 12.6 Å². The maximum absolute atomic E-state index is 13.4. The number of nitrogens with zero attached hydrogens (tertiary/aromatic N) is 1. The Morgan fingerprint density at radius 3 is 2.92 bits per heavy atom. The van der Waals surface area contributed by atoms with E-state index in [1.54, 1.807) is 10.6 Å². The molecule has 1 aromatic heterocycles. The molecule has 0 spiro atoms. The van der Waals surface area contributed by atoms with Crippen molar-refractivity contribution in [3.8, 4) is 0 Å². The molecule has 0 aliphatic heterocycles. The van der Waals surface area contributed by atoms with E-state index in [9.17, 15) is 4.39 Å². The quantitative estimate of drug-likeness (QED) is 0.668. The third kappa shape index (κ3) is 1.23. The maximum Gasteiger partial charge on any atom is 0.147 e. The molecule has 68 valence electrons. The number of fused-ring (bicyclic) bond motifs is 1. The Hall–Kier alpha value is -0.960. The Kier molecular flexibility index (Phi) is 2.04. The topological polar surface area (TPSA) is 4.93 Å². The molecule has 1 aromatic carbocycles. The van der Waals surface area contributed by atoms with Gasteiger partial charge in [0.15, 0.2) is 0 Å². The zero-order chi connectivity index (χ0) is 9.42. The second-order valence-electron chi connectivity index (χ2n) is 3.06. The minimum absolute atomic E-state index is 0.173. The van der Waals surface area contributed by atoms with E-state index in [0.717, 1.165) is 10.9 Å². The molecule has 0 aliphatic rings. The first-order chi connectivity index (χ1) is 6.24. The van der Waals surface area contributed by atoms with Gasteiger partial charge in [0.2, 0.25) is 0 Å². The number of thiol groups is 1. The van der Waals surface area contributed by atoms with Gasteiger partial charge in [0, 0.05) is 24.4 Å². The molecule has 2 aromatic rings. The van der Waals surface area contributed by atoms with E-state index in [2.05, 4.69) is 12.6 Å².